The van der Waals surface area contributed by atoms with E-state index in [-0.39, 0.29) is 0 Å². The van der Waals surface area contributed by atoms with Crippen LogP contribution in [-0.4, -0.2) is 42.1 Å². The first-order valence-corrected chi connectivity index (χ1v) is 8.89. The van der Waals surface area contributed by atoms with Crippen LogP contribution >= 0.6 is 11.8 Å². The zero-order valence-corrected chi connectivity index (χ0v) is 13.9. The molecule has 1 heterocycles. The summed E-state index contributed by atoms with van der Waals surface area (Å²) in [5, 5.41) is 3.45. The molecule has 2 rings (SSSR count). The predicted molar refractivity (Wildman–Crippen MR) is 89.2 cm³/mol. The highest BCUT2D eigenvalue weighted by atomic mass is 32.2. The summed E-state index contributed by atoms with van der Waals surface area (Å²) < 4.78 is 0. The van der Waals surface area contributed by atoms with E-state index in [2.05, 4.69) is 37.4 Å². The number of anilines is 2. The molecule has 1 saturated carbocycles. The summed E-state index contributed by atoms with van der Waals surface area (Å²) in [5.41, 5.74) is 1.17. The van der Waals surface area contributed by atoms with Gasteiger partial charge in [-0.25, -0.2) is 9.97 Å². The van der Waals surface area contributed by atoms with Crippen LogP contribution in [0.2, 0.25) is 0 Å². The molecule has 112 valence electrons. The van der Waals surface area contributed by atoms with Crippen LogP contribution < -0.4 is 10.2 Å². The number of hydrogen-bond acceptors (Lipinski definition) is 5. The van der Waals surface area contributed by atoms with Gasteiger partial charge in [0.25, 0.3) is 0 Å². The highest BCUT2D eigenvalue weighted by Crippen LogP contribution is 2.39. The van der Waals surface area contributed by atoms with Crippen molar-refractivity contribution in [1.82, 2.24) is 9.97 Å². The first-order valence-electron chi connectivity index (χ1n) is 7.49. The van der Waals surface area contributed by atoms with Crippen LogP contribution in [0.15, 0.2) is 0 Å². The van der Waals surface area contributed by atoms with Crippen LogP contribution in [0.4, 0.5) is 11.6 Å². The van der Waals surface area contributed by atoms with E-state index < -0.39 is 0 Å². The van der Waals surface area contributed by atoms with E-state index in [1.807, 2.05) is 11.8 Å². The van der Waals surface area contributed by atoms with E-state index in [0.717, 1.165) is 42.7 Å². The van der Waals surface area contributed by atoms with Crippen LogP contribution in [0.5, 0.6) is 0 Å². The Hall–Kier alpha value is -0.970. The van der Waals surface area contributed by atoms with Gasteiger partial charge in [0.2, 0.25) is 0 Å². The van der Waals surface area contributed by atoms with Gasteiger partial charge in [0.05, 0.1) is 0 Å². The molecule has 0 aromatic carbocycles. The molecular formula is C15H26N4S. The molecule has 0 saturated heterocycles. The Balaban J connectivity index is 2.25. The summed E-state index contributed by atoms with van der Waals surface area (Å²) in [5.74, 6) is 4.85. The average molecular weight is 294 g/mol. The fraction of sp³-hybridized carbons (Fsp3) is 0.733. The number of rotatable bonds is 8. The van der Waals surface area contributed by atoms with Gasteiger partial charge >= 0.3 is 0 Å². The fourth-order valence-corrected chi connectivity index (χ4v) is 2.62. The lowest BCUT2D eigenvalue weighted by Gasteiger charge is -2.22. The van der Waals surface area contributed by atoms with Crippen LogP contribution in [0.1, 0.15) is 43.5 Å². The molecule has 1 aliphatic carbocycles. The number of hydrogen-bond donors (Lipinski definition) is 1. The van der Waals surface area contributed by atoms with Crippen molar-refractivity contribution < 1.29 is 0 Å². The van der Waals surface area contributed by atoms with Crippen molar-refractivity contribution >= 4 is 23.4 Å². The van der Waals surface area contributed by atoms with E-state index in [0.29, 0.717) is 5.92 Å². The van der Waals surface area contributed by atoms with Gasteiger partial charge in [0.1, 0.15) is 17.5 Å². The van der Waals surface area contributed by atoms with E-state index in [1.54, 1.807) is 0 Å². The van der Waals surface area contributed by atoms with Gasteiger partial charge in [-0.1, -0.05) is 6.92 Å². The molecule has 0 unspecified atom stereocenters. The number of aromatic nitrogens is 2. The maximum Gasteiger partial charge on any atom is 0.137 e. The van der Waals surface area contributed by atoms with Gasteiger partial charge < -0.3 is 10.2 Å². The molecule has 1 fully saturated rings. The summed E-state index contributed by atoms with van der Waals surface area (Å²) in [6.07, 6.45) is 5.73. The SMILES string of the molecule is CCCNc1nc(C2CC2)nc(N(C)CCSC)c1C. The molecule has 4 nitrogen and oxygen atoms in total. The summed E-state index contributed by atoms with van der Waals surface area (Å²) >= 11 is 1.87. The molecule has 1 aliphatic rings. The second kappa shape index (κ2) is 7.16. The normalized spacial score (nSPS) is 14.4. The quantitative estimate of drug-likeness (QED) is 0.797. The standard InChI is InChI=1S/C15H26N4S/c1-5-8-16-13-11(2)15(19(3)9-10-20-4)18-14(17-13)12-6-7-12/h12H,5-10H2,1-4H3,(H,16,17,18). The van der Waals surface area contributed by atoms with E-state index >= 15 is 0 Å². The third kappa shape index (κ3) is 3.78. The molecule has 5 heteroatoms. The molecule has 0 spiro atoms. The molecule has 1 aromatic rings. The van der Waals surface area contributed by atoms with Gasteiger partial charge in [-0.3, -0.25) is 0 Å². The van der Waals surface area contributed by atoms with Crippen molar-refractivity contribution in [2.24, 2.45) is 0 Å². The van der Waals surface area contributed by atoms with Crippen LogP contribution in [0, 0.1) is 6.92 Å². The molecule has 1 N–H and O–H groups in total. The van der Waals surface area contributed by atoms with Crippen molar-refractivity contribution in [1.29, 1.82) is 0 Å². The Bertz CT molecular complexity index is 446. The Morgan fingerprint density at radius 1 is 1.35 bits per heavy atom. The number of thioether (sulfide) groups is 1. The third-order valence-corrected chi connectivity index (χ3v) is 4.21. The maximum absolute atomic E-state index is 4.82. The van der Waals surface area contributed by atoms with Gasteiger partial charge in [-0.05, 0) is 32.4 Å². The Morgan fingerprint density at radius 3 is 2.70 bits per heavy atom. The van der Waals surface area contributed by atoms with E-state index in [4.69, 9.17) is 9.97 Å². The molecular weight excluding hydrogens is 268 g/mol. The molecule has 0 atom stereocenters. The zero-order valence-electron chi connectivity index (χ0n) is 13.1. The van der Waals surface area contributed by atoms with Crippen LogP contribution in [0.25, 0.3) is 0 Å². The number of nitrogens with zero attached hydrogens (tertiary/aromatic N) is 3. The highest BCUT2D eigenvalue weighted by Gasteiger charge is 2.28. The predicted octanol–water partition coefficient (Wildman–Crippen LogP) is 3.28. The van der Waals surface area contributed by atoms with Gasteiger partial charge in [0, 0.05) is 37.4 Å². The van der Waals surface area contributed by atoms with Crippen molar-refractivity contribution in [2.45, 2.75) is 39.0 Å². The first-order chi connectivity index (χ1) is 9.67. The lowest BCUT2D eigenvalue weighted by molar-refractivity contribution is 0.860. The summed E-state index contributed by atoms with van der Waals surface area (Å²) in [6.45, 7) is 6.29. The second-order valence-corrected chi connectivity index (χ2v) is 6.48. The molecule has 0 bridgehead atoms. The summed E-state index contributed by atoms with van der Waals surface area (Å²) in [7, 11) is 2.13. The third-order valence-electron chi connectivity index (χ3n) is 3.61. The zero-order chi connectivity index (χ0) is 14.5. The minimum absolute atomic E-state index is 0.588. The first kappa shape index (κ1) is 15.4. The topological polar surface area (TPSA) is 41.1 Å². The Kier molecular flexibility index (Phi) is 5.52. The molecule has 1 aromatic heterocycles. The minimum atomic E-state index is 0.588. The highest BCUT2D eigenvalue weighted by molar-refractivity contribution is 7.98. The molecule has 0 radical (unpaired) electrons. The van der Waals surface area contributed by atoms with E-state index in [1.165, 1.54) is 18.4 Å². The van der Waals surface area contributed by atoms with Gasteiger partial charge in [-0.15, -0.1) is 0 Å². The summed E-state index contributed by atoms with van der Waals surface area (Å²) in [4.78, 5) is 11.8. The second-order valence-electron chi connectivity index (χ2n) is 5.49. The van der Waals surface area contributed by atoms with Crippen molar-refractivity contribution in [3.63, 3.8) is 0 Å². The van der Waals surface area contributed by atoms with Crippen molar-refractivity contribution in [3.05, 3.63) is 11.4 Å². The smallest absolute Gasteiger partial charge is 0.137 e. The van der Waals surface area contributed by atoms with Crippen LogP contribution in [0.3, 0.4) is 0 Å². The maximum atomic E-state index is 4.82. The molecule has 0 aliphatic heterocycles. The van der Waals surface area contributed by atoms with E-state index in [9.17, 15) is 0 Å². The Labute approximate surface area is 126 Å². The fourth-order valence-electron chi connectivity index (χ4n) is 2.17. The van der Waals surface area contributed by atoms with Crippen LogP contribution in [-0.2, 0) is 0 Å². The van der Waals surface area contributed by atoms with Crippen molar-refractivity contribution in [2.75, 3.05) is 42.4 Å². The van der Waals surface area contributed by atoms with Gasteiger partial charge in [0.15, 0.2) is 0 Å². The van der Waals surface area contributed by atoms with Crippen molar-refractivity contribution in [3.8, 4) is 0 Å². The molecule has 20 heavy (non-hydrogen) atoms. The largest absolute Gasteiger partial charge is 0.370 e. The lowest BCUT2D eigenvalue weighted by Crippen LogP contribution is -2.24. The van der Waals surface area contributed by atoms with Gasteiger partial charge in [-0.2, -0.15) is 11.8 Å². The molecule has 0 amide bonds. The average Bonchev–Trinajstić information content (AvgIpc) is 3.28. The lowest BCUT2D eigenvalue weighted by atomic mass is 10.2. The minimum Gasteiger partial charge on any atom is -0.370 e. The number of nitrogens with one attached hydrogen (secondary N) is 1. The monoisotopic (exact) mass is 294 g/mol. The Morgan fingerprint density at radius 2 is 2.10 bits per heavy atom. The summed E-state index contributed by atoms with van der Waals surface area (Å²) in [6, 6.07) is 0.